The predicted molar refractivity (Wildman–Crippen MR) is 232 cm³/mol. The van der Waals surface area contributed by atoms with Crippen LogP contribution in [0, 0.1) is 0 Å². The number of hydrogen-bond acceptors (Lipinski definition) is 2. The molecule has 1 aliphatic rings. The summed E-state index contributed by atoms with van der Waals surface area (Å²) in [6, 6.07) is 68.3. The molecular formula is C53H37NO. The molecule has 0 atom stereocenters. The lowest BCUT2D eigenvalue weighted by molar-refractivity contribution is 0.660. The predicted octanol–water partition coefficient (Wildman–Crippen LogP) is 15.0. The van der Waals surface area contributed by atoms with Gasteiger partial charge in [0.1, 0.15) is 11.2 Å². The van der Waals surface area contributed by atoms with Gasteiger partial charge in [-0.25, -0.2) is 0 Å². The number of nitrogens with zero attached hydrogens (tertiary/aromatic N) is 1. The summed E-state index contributed by atoms with van der Waals surface area (Å²) in [5, 5.41) is 6.98. The maximum absolute atomic E-state index is 7.10. The summed E-state index contributed by atoms with van der Waals surface area (Å²) in [5.41, 5.74) is 14.9. The third-order valence-corrected chi connectivity index (χ3v) is 11.8. The Morgan fingerprint density at radius 3 is 1.95 bits per heavy atom. The van der Waals surface area contributed by atoms with Crippen LogP contribution < -0.4 is 4.90 Å². The number of furan rings is 1. The molecule has 0 amide bonds. The molecule has 1 heterocycles. The van der Waals surface area contributed by atoms with Crippen LogP contribution in [0.4, 0.5) is 17.1 Å². The van der Waals surface area contributed by atoms with Crippen molar-refractivity contribution >= 4 is 60.5 Å². The number of anilines is 3. The first kappa shape index (κ1) is 31.6. The summed E-state index contributed by atoms with van der Waals surface area (Å²) < 4.78 is 7.10. The maximum atomic E-state index is 7.10. The van der Waals surface area contributed by atoms with Crippen LogP contribution in [0.3, 0.4) is 0 Å². The Morgan fingerprint density at radius 1 is 0.436 bits per heavy atom. The SMILES string of the molecule is CC1(C)c2ccccc2-c2ccc(N(c3ccccc3-c3ccccc3)c3cccc4oc5c(-c6cccc7ccccc67)c6ccccc6cc5c34)cc21. The Labute approximate surface area is 320 Å². The monoisotopic (exact) mass is 703 g/mol. The van der Waals surface area contributed by atoms with E-state index in [0.717, 1.165) is 50.1 Å². The fourth-order valence-corrected chi connectivity index (χ4v) is 9.27. The molecule has 0 saturated heterocycles. The van der Waals surface area contributed by atoms with Crippen LogP contribution in [-0.4, -0.2) is 0 Å². The van der Waals surface area contributed by atoms with E-state index in [1.165, 1.54) is 54.9 Å². The lowest BCUT2D eigenvalue weighted by Gasteiger charge is -2.30. The first-order valence-corrected chi connectivity index (χ1v) is 19.1. The molecule has 0 saturated carbocycles. The minimum absolute atomic E-state index is 0.146. The molecule has 0 aliphatic heterocycles. The Balaban J connectivity index is 1.24. The van der Waals surface area contributed by atoms with Gasteiger partial charge in [-0.2, -0.15) is 0 Å². The molecule has 260 valence electrons. The molecular weight excluding hydrogens is 667 g/mol. The highest BCUT2D eigenvalue weighted by molar-refractivity contribution is 6.23. The number of hydrogen-bond donors (Lipinski definition) is 0. The smallest absolute Gasteiger partial charge is 0.143 e. The van der Waals surface area contributed by atoms with Gasteiger partial charge in [0, 0.05) is 27.6 Å². The van der Waals surface area contributed by atoms with Crippen molar-refractivity contribution in [3.8, 4) is 33.4 Å². The van der Waals surface area contributed by atoms with E-state index in [4.69, 9.17) is 4.42 Å². The summed E-state index contributed by atoms with van der Waals surface area (Å²) in [6.07, 6.45) is 0. The van der Waals surface area contributed by atoms with Gasteiger partial charge >= 0.3 is 0 Å². The first-order valence-electron chi connectivity index (χ1n) is 19.1. The van der Waals surface area contributed by atoms with Gasteiger partial charge in [-0.15, -0.1) is 0 Å². The number of benzene rings is 9. The van der Waals surface area contributed by atoms with Crippen molar-refractivity contribution in [3.05, 3.63) is 199 Å². The molecule has 0 fully saturated rings. The van der Waals surface area contributed by atoms with E-state index in [9.17, 15) is 0 Å². The highest BCUT2D eigenvalue weighted by Gasteiger charge is 2.36. The normalized spacial score (nSPS) is 13.1. The lowest BCUT2D eigenvalue weighted by atomic mass is 9.82. The second-order valence-corrected chi connectivity index (χ2v) is 15.2. The summed E-state index contributed by atoms with van der Waals surface area (Å²) in [5.74, 6) is 0. The van der Waals surface area contributed by atoms with Crippen LogP contribution >= 0.6 is 0 Å². The van der Waals surface area contributed by atoms with Crippen molar-refractivity contribution < 1.29 is 4.42 Å². The van der Waals surface area contributed by atoms with E-state index in [1.54, 1.807) is 0 Å². The minimum Gasteiger partial charge on any atom is -0.455 e. The van der Waals surface area contributed by atoms with Crippen LogP contribution in [0.1, 0.15) is 25.0 Å². The zero-order valence-corrected chi connectivity index (χ0v) is 30.8. The van der Waals surface area contributed by atoms with Gasteiger partial charge < -0.3 is 9.32 Å². The fraction of sp³-hybridized carbons (Fsp3) is 0.0566. The lowest BCUT2D eigenvalue weighted by Crippen LogP contribution is -2.17. The molecule has 10 aromatic rings. The molecule has 9 aromatic carbocycles. The van der Waals surface area contributed by atoms with Gasteiger partial charge in [0.2, 0.25) is 0 Å². The van der Waals surface area contributed by atoms with Gasteiger partial charge in [0.05, 0.1) is 16.8 Å². The third-order valence-electron chi connectivity index (χ3n) is 11.8. The van der Waals surface area contributed by atoms with Gasteiger partial charge in [-0.3, -0.25) is 0 Å². The third kappa shape index (κ3) is 4.74. The van der Waals surface area contributed by atoms with E-state index in [-0.39, 0.29) is 5.41 Å². The van der Waals surface area contributed by atoms with Crippen LogP contribution in [0.2, 0.25) is 0 Å². The Morgan fingerprint density at radius 2 is 1.07 bits per heavy atom. The quantitative estimate of drug-likeness (QED) is 0.177. The number of fused-ring (bicyclic) bond motifs is 8. The molecule has 55 heavy (non-hydrogen) atoms. The van der Waals surface area contributed by atoms with Gasteiger partial charge in [0.15, 0.2) is 0 Å². The van der Waals surface area contributed by atoms with Crippen molar-refractivity contribution in [2.75, 3.05) is 4.90 Å². The van der Waals surface area contributed by atoms with Crippen molar-refractivity contribution in [1.29, 1.82) is 0 Å². The molecule has 2 heteroatoms. The van der Waals surface area contributed by atoms with Crippen LogP contribution in [0.15, 0.2) is 192 Å². The van der Waals surface area contributed by atoms with E-state index < -0.39 is 0 Å². The zero-order chi connectivity index (χ0) is 36.7. The molecule has 0 radical (unpaired) electrons. The van der Waals surface area contributed by atoms with Gasteiger partial charge in [0.25, 0.3) is 0 Å². The summed E-state index contributed by atoms with van der Waals surface area (Å²) in [4.78, 5) is 2.46. The Hall–Kier alpha value is -6.90. The number of rotatable bonds is 5. The topological polar surface area (TPSA) is 16.4 Å². The van der Waals surface area contributed by atoms with Crippen LogP contribution in [0.5, 0.6) is 0 Å². The van der Waals surface area contributed by atoms with Crippen molar-refractivity contribution in [2.45, 2.75) is 19.3 Å². The average molecular weight is 704 g/mol. The number of para-hydroxylation sites is 1. The van der Waals surface area contributed by atoms with E-state index in [2.05, 4.69) is 207 Å². The minimum atomic E-state index is -0.146. The fourth-order valence-electron chi connectivity index (χ4n) is 9.27. The van der Waals surface area contributed by atoms with Gasteiger partial charge in [-0.1, -0.05) is 166 Å². The second kappa shape index (κ2) is 12.1. The molecule has 0 unspecified atom stereocenters. The van der Waals surface area contributed by atoms with Crippen molar-refractivity contribution in [2.24, 2.45) is 0 Å². The van der Waals surface area contributed by atoms with E-state index >= 15 is 0 Å². The molecule has 0 spiro atoms. The second-order valence-electron chi connectivity index (χ2n) is 15.2. The standard InChI is InChI=1S/C53H37NO/c1-53(2)45-26-12-10-24-41(45)42-31-30-37(33-46(42)53)54(47-27-13-11-22-39(47)35-16-4-3-5-17-35)48-28-15-29-49-51(48)44-32-36-19-7-9-23-40(36)50(52(44)55-49)43-25-14-20-34-18-6-8-21-38(34)43/h3-33H,1-2H3. The molecule has 2 nitrogen and oxygen atoms in total. The molecule has 11 rings (SSSR count). The molecule has 1 aliphatic carbocycles. The Kier molecular flexibility index (Phi) is 6.93. The molecule has 1 aromatic heterocycles. The van der Waals surface area contributed by atoms with E-state index in [1.807, 2.05) is 0 Å². The average Bonchev–Trinajstić information content (AvgIpc) is 3.72. The summed E-state index contributed by atoms with van der Waals surface area (Å²) in [7, 11) is 0. The van der Waals surface area contributed by atoms with Crippen molar-refractivity contribution in [1.82, 2.24) is 0 Å². The van der Waals surface area contributed by atoms with Gasteiger partial charge in [-0.05, 0) is 91.3 Å². The summed E-state index contributed by atoms with van der Waals surface area (Å²) in [6.45, 7) is 4.71. The van der Waals surface area contributed by atoms with Crippen LogP contribution in [0.25, 0.3) is 76.9 Å². The van der Waals surface area contributed by atoms with E-state index in [0.29, 0.717) is 0 Å². The van der Waals surface area contributed by atoms with Crippen molar-refractivity contribution in [3.63, 3.8) is 0 Å². The molecule has 0 N–H and O–H groups in total. The zero-order valence-electron chi connectivity index (χ0n) is 30.8. The van der Waals surface area contributed by atoms with Crippen LogP contribution in [-0.2, 0) is 5.41 Å². The maximum Gasteiger partial charge on any atom is 0.143 e. The molecule has 0 bridgehead atoms. The highest BCUT2D eigenvalue weighted by Crippen LogP contribution is 2.53. The first-order chi connectivity index (χ1) is 27.1. The summed E-state index contributed by atoms with van der Waals surface area (Å²) >= 11 is 0. The largest absolute Gasteiger partial charge is 0.455 e. The Bertz CT molecular complexity index is 3130. The highest BCUT2D eigenvalue weighted by atomic mass is 16.3.